The van der Waals surface area contributed by atoms with Crippen molar-refractivity contribution in [2.24, 2.45) is 0 Å². The highest BCUT2D eigenvalue weighted by atomic mass is 32.1. The molecule has 9 heteroatoms. The summed E-state index contributed by atoms with van der Waals surface area (Å²) in [4.78, 5) is 39.6. The number of fused-ring (bicyclic) bond motifs is 2. The van der Waals surface area contributed by atoms with E-state index in [1.54, 1.807) is 18.3 Å². The first kappa shape index (κ1) is 21.3. The highest BCUT2D eigenvalue weighted by Gasteiger charge is 2.28. The van der Waals surface area contributed by atoms with E-state index in [0.717, 1.165) is 39.4 Å². The normalized spacial score (nSPS) is 19.3. The monoisotopic (exact) mass is 476 g/mol. The molecule has 1 saturated heterocycles. The van der Waals surface area contributed by atoms with Gasteiger partial charge in [0.05, 0.1) is 34.1 Å². The molecule has 1 atom stereocenters. The van der Waals surface area contributed by atoms with Crippen molar-refractivity contribution in [3.05, 3.63) is 41.2 Å². The molecule has 34 heavy (non-hydrogen) atoms. The summed E-state index contributed by atoms with van der Waals surface area (Å²) in [6, 6.07) is 7.04. The first-order valence-electron chi connectivity index (χ1n) is 12.1. The molecule has 0 unspecified atom stereocenters. The van der Waals surface area contributed by atoms with Gasteiger partial charge in [-0.05, 0) is 37.0 Å². The van der Waals surface area contributed by atoms with E-state index in [2.05, 4.69) is 43.0 Å². The van der Waals surface area contributed by atoms with Crippen LogP contribution in [0.3, 0.4) is 0 Å². The van der Waals surface area contributed by atoms with Gasteiger partial charge in [-0.1, -0.05) is 25.3 Å². The van der Waals surface area contributed by atoms with E-state index >= 15 is 0 Å². The number of thiophene rings is 1. The Kier molecular flexibility index (Phi) is 5.36. The van der Waals surface area contributed by atoms with E-state index in [1.165, 1.54) is 43.9 Å². The van der Waals surface area contributed by atoms with Crippen molar-refractivity contribution in [1.82, 2.24) is 24.8 Å². The largest absolute Gasteiger partial charge is 0.361 e. The summed E-state index contributed by atoms with van der Waals surface area (Å²) in [5.41, 5.74) is 3.76. The van der Waals surface area contributed by atoms with Crippen LogP contribution in [0.1, 0.15) is 51.5 Å². The van der Waals surface area contributed by atoms with Crippen LogP contribution in [0.15, 0.2) is 35.6 Å². The van der Waals surface area contributed by atoms with Gasteiger partial charge < -0.3 is 19.8 Å². The molecule has 2 aliphatic rings. The minimum Gasteiger partial charge on any atom is -0.361 e. The lowest BCUT2D eigenvalue weighted by atomic mass is 9.95. The maximum Gasteiger partial charge on any atom is 0.261 e. The van der Waals surface area contributed by atoms with E-state index in [9.17, 15) is 9.59 Å². The van der Waals surface area contributed by atoms with Crippen LogP contribution in [-0.4, -0.2) is 44.6 Å². The molecule has 1 aromatic carbocycles. The summed E-state index contributed by atoms with van der Waals surface area (Å²) in [5.74, 6) is -0.0240. The summed E-state index contributed by atoms with van der Waals surface area (Å²) in [6.07, 6.45) is 10.6. The third-order valence-corrected chi connectivity index (χ3v) is 8.46. The fraction of sp³-hybridized carbons (Fsp3) is 0.440. The standard InChI is InChI=1S/C25H28N6O2S/c1-15(32)29-17-9-10-30(12-17)25-21-22(26-13-27-24(21)33)23(34-25)16-7-8-20-19(11-16)28-14-31(20)18-5-3-2-4-6-18/h7-8,11,13-14,17-18H,2-6,9-10,12H2,1H3,(H,29,32)(H,26,27,33)/t17-/m1/s1. The Morgan fingerprint density at radius 3 is 2.85 bits per heavy atom. The van der Waals surface area contributed by atoms with E-state index < -0.39 is 0 Å². The quantitative estimate of drug-likeness (QED) is 0.460. The number of anilines is 1. The van der Waals surface area contributed by atoms with Gasteiger partial charge in [0.1, 0.15) is 10.4 Å². The van der Waals surface area contributed by atoms with Gasteiger partial charge in [0.15, 0.2) is 0 Å². The van der Waals surface area contributed by atoms with Crippen molar-refractivity contribution >= 4 is 44.2 Å². The molecule has 1 saturated carbocycles. The molecule has 0 spiro atoms. The molecule has 4 heterocycles. The van der Waals surface area contributed by atoms with Crippen molar-refractivity contribution in [3.63, 3.8) is 0 Å². The highest BCUT2D eigenvalue weighted by Crippen LogP contribution is 2.43. The van der Waals surface area contributed by atoms with Gasteiger partial charge in [-0.3, -0.25) is 9.59 Å². The van der Waals surface area contributed by atoms with Crippen LogP contribution in [0.25, 0.3) is 32.4 Å². The summed E-state index contributed by atoms with van der Waals surface area (Å²) >= 11 is 1.60. The zero-order valence-corrected chi connectivity index (χ0v) is 20.0. The van der Waals surface area contributed by atoms with Crippen molar-refractivity contribution < 1.29 is 4.79 Å². The third kappa shape index (κ3) is 3.68. The molecule has 1 aliphatic heterocycles. The zero-order valence-electron chi connectivity index (χ0n) is 19.2. The second kappa shape index (κ2) is 8.54. The topological polar surface area (TPSA) is 95.9 Å². The second-order valence-corrected chi connectivity index (χ2v) is 10.5. The number of imidazole rings is 1. The number of rotatable bonds is 4. The van der Waals surface area contributed by atoms with Gasteiger partial charge in [0.25, 0.3) is 5.56 Å². The number of nitrogens with one attached hydrogen (secondary N) is 2. The molecule has 4 aromatic rings. The fourth-order valence-corrected chi connectivity index (χ4v) is 6.83. The van der Waals surface area contributed by atoms with Crippen LogP contribution >= 0.6 is 11.3 Å². The molecular formula is C25H28N6O2S. The maximum atomic E-state index is 12.8. The van der Waals surface area contributed by atoms with Crippen molar-refractivity contribution in [3.8, 4) is 10.4 Å². The van der Waals surface area contributed by atoms with E-state index in [0.29, 0.717) is 18.0 Å². The SMILES string of the molecule is CC(=O)N[C@@H]1CCN(c2sc(-c3ccc4c(c3)ncn4C3CCCCC3)c3nc[nH]c(=O)c23)C1. The predicted molar refractivity (Wildman–Crippen MR) is 136 cm³/mol. The van der Waals surface area contributed by atoms with E-state index in [4.69, 9.17) is 4.98 Å². The number of hydrogen-bond acceptors (Lipinski definition) is 6. The van der Waals surface area contributed by atoms with Crippen LogP contribution < -0.4 is 15.8 Å². The van der Waals surface area contributed by atoms with Crippen molar-refractivity contribution in [1.29, 1.82) is 0 Å². The number of aromatic nitrogens is 4. The van der Waals surface area contributed by atoms with Crippen LogP contribution in [0, 0.1) is 0 Å². The maximum absolute atomic E-state index is 12.8. The Morgan fingerprint density at radius 1 is 1.18 bits per heavy atom. The molecule has 8 nitrogen and oxygen atoms in total. The van der Waals surface area contributed by atoms with Crippen molar-refractivity contribution in [2.45, 2.75) is 57.5 Å². The highest BCUT2D eigenvalue weighted by molar-refractivity contribution is 7.21. The molecule has 6 rings (SSSR count). The Bertz CT molecular complexity index is 1430. The van der Waals surface area contributed by atoms with Crippen LogP contribution in [-0.2, 0) is 4.79 Å². The lowest BCUT2D eigenvalue weighted by Crippen LogP contribution is -2.35. The number of aromatic amines is 1. The first-order valence-corrected chi connectivity index (χ1v) is 12.9. The zero-order chi connectivity index (χ0) is 23.2. The number of carbonyl (C=O) groups excluding carboxylic acids is 1. The number of H-pyrrole nitrogens is 1. The van der Waals surface area contributed by atoms with E-state index in [1.807, 2.05) is 6.33 Å². The Balaban J connectivity index is 1.40. The van der Waals surface area contributed by atoms with Crippen molar-refractivity contribution in [2.75, 3.05) is 18.0 Å². The average molecular weight is 477 g/mol. The summed E-state index contributed by atoms with van der Waals surface area (Å²) in [5, 5.41) is 4.54. The number of amides is 1. The molecule has 2 fully saturated rings. The van der Waals surface area contributed by atoms with Gasteiger partial charge in [-0.15, -0.1) is 11.3 Å². The Labute approximate surface area is 201 Å². The smallest absolute Gasteiger partial charge is 0.261 e. The molecule has 176 valence electrons. The first-order chi connectivity index (χ1) is 16.6. The minimum absolute atomic E-state index is 0.0240. The molecule has 0 bridgehead atoms. The predicted octanol–water partition coefficient (Wildman–Crippen LogP) is 4.22. The summed E-state index contributed by atoms with van der Waals surface area (Å²) < 4.78 is 2.34. The molecule has 3 aromatic heterocycles. The van der Waals surface area contributed by atoms with Crippen LogP contribution in [0.5, 0.6) is 0 Å². The number of hydrogen-bond donors (Lipinski definition) is 2. The molecule has 1 aliphatic carbocycles. The molecular weight excluding hydrogens is 448 g/mol. The second-order valence-electron chi connectivity index (χ2n) is 9.47. The van der Waals surface area contributed by atoms with Gasteiger partial charge >= 0.3 is 0 Å². The van der Waals surface area contributed by atoms with E-state index in [-0.39, 0.29) is 17.5 Å². The number of carbonyl (C=O) groups is 1. The lowest BCUT2D eigenvalue weighted by molar-refractivity contribution is -0.119. The average Bonchev–Trinajstić information content (AvgIpc) is 3.56. The summed E-state index contributed by atoms with van der Waals surface area (Å²) in [6.45, 7) is 3.02. The summed E-state index contributed by atoms with van der Waals surface area (Å²) in [7, 11) is 0. The van der Waals surface area contributed by atoms with Gasteiger partial charge in [0, 0.05) is 32.1 Å². The minimum atomic E-state index is -0.131. The fourth-order valence-electron chi connectivity index (χ4n) is 5.56. The molecule has 2 N–H and O–H groups in total. The molecule has 1 amide bonds. The van der Waals surface area contributed by atoms with Crippen LogP contribution in [0.4, 0.5) is 5.00 Å². The Hall–Kier alpha value is -3.20. The third-order valence-electron chi connectivity index (χ3n) is 7.17. The van der Waals surface area contributed by atoms with Gasteiger partial charge in [0.2, 0.25) is 5.91 Å². The molecule has 0 radical (unpaired) electrons. The van der Waals surface area contributed by atoms with Crippen LogP contribution in [0.2, 0.25) is 0 Å². The number of benzene rings is 1. The lowest BCUT2D eigenvalue weighted by Gasteiger charge is -2.23. The number of nitrogens with zero attached hydrogens (tertiary/aromatic N) is 4. The van der Waals surface area contributed by atoms with Gasteiger partial charge in [-0.25, -0.2) is 9.97 Å². The Morgan fingerprint density at radius 2 is 2.03 bits per heavy atom. The van der Waals surface area contributed by atoms with Gasteiger partial charge in [-0.2, -0.15) is 0 Å².